The van der Waals surface area contributed by atoms with Crippen molar-refractivity contribution in [1.29, 1.82) is 0 Å². The second-order valence-corrected chi connectivity index (χ2v) is 10.5. The normalized spacial score (nSPS) is 29.3. The van der Waals surface area contributed by atoms with Crippen molar-refractivity contribution in [2.75, 3.05) is 13.3 Å². The molecule has 0 radical (unpaired) electrons. The molecule has 8 heteroatoms. The lowest BCUT2D eigenvalue weighted by Crippen LogP contribution is -2.51. The van der Waals surface area contributed by atoms with Crippen molar-refractivity contribution in [2.24, 2.45) is 0 Å². The van der Waals surface area contributed by atoms with E-state index in [0.29, 0.717) is 19.1 Å². The summed E-state index contributed by atoms with van der Waals surface area (Å²) in [4.78, 5) is 14.9. The van der Waals surface area contributed by atoms with Crippen LogP contribution in [-0.2, 0) is 20.5 Å². The van der Waals surface area contributed by atoms with E-state index < -0.39 is 24.4 Å². The number of benzene rings is 1. The third-order valence-electron chi connectivity index (χ3n) is 8.05. The number of hydrogen-bond donors (Lipinski definition) is 2. The van der Waals surface area contributed by atoms with E-state index in [1.54, 1.807) is 0 Å². The minimum Gasteiger partial charge on any atom is -0.448 e. The predicted octanol–water partition coefficient (Wildman–Crippen LogP) is 3.29. The van der Waals surface area contributed by atoms with Gasteiger partial charge in [-0.1, -0.05) is 30.3 Å². The van der Waals surface area contributed by atoms with E-state index in [1.165, 1.54) is 5.56 Å². The molecule has 1 amide bonds. The molecule has 176 valence electrons. The molecule has 0 unspecified atom stereocenters. The summed E-state index contributed by atoms with van der Waals surface area (Å²) >= 11 is 0. The average Bonchev–Trinajstić information content (AvgIpc) is 3.36. The minimum atomic E-state index is -0.550. The maximum Gasteiger partial charge on any atom is 0.482 e. The van der Waals surface area contributed by atoms with Crippen LogP contribution < -0.4 is 5.32 Å². The molecule has 0 saturated carbocycles. The van der Waals surface area contributed by atoms with Crippen LogP contribution in [0.25, 0.3) is 0 Å². The van der Waals surface area contributed by atoms with Gasteiger partial charge in [0, 0.05) is 6.04 Å². The molecule has 4 rings (SSSR count). The second-order valence-electron chi connectivity index (χ2n) is 10.5. The van der Waals surface area contributed by atoms with Gasteiger partial charge in [-0.05, 0) is 71.8 Å². The van der Waals surface area contributed by atoms with Crippen molar-refractivity contribution >= 4 is 13.2 Å². The largest absolute Gasteiger partial charge is 0.482 e. The van der Waals surface area contributed by atoms with Gasteiger partial charge >= 0.3 is 13.2 Å². The lowest BCUT2D eigenvalue weighted by Gasteiger charge is -2.33. The Hall–Kier alpha value is -1.61. The average molecular weight is 444 g/mol. The fourth-order valence-electron chi connectivity index (χ4n) is 5.31. The summed E-state index contributed by atoms with van der Waals surface area (Å²) in [6.45, 7) is 8.36. The lowest BCUT2D eigenvalue weighted by atomic mass is 9.75. The van der Waals surface area contributed by atoms with Crippen molar-refractivity contribution in [2.45, 2.75) is 94.9 Å². The molecule has 2 bridgehead atoms. The number of ether oxygens (including phenoxy) is 1. The molecule has 3 heterocycles. The SMILES string of the molecule is CC1(C)OB([C@H](CCc2ccccc2)NC(=O)OCC23CCC(CC2)N3CO)OC1(C)C. The molecule has 1 atom stereocenters. The molecule has 7 nitrogen and oxygen atoms in total. The van der Waals surface area contributed by atoms with Crippen LogP contribution in [0.3, 0.4) is 0 Å². The smallest absolute Gasteiger partial charge is 0.448 e. The van der Waals surface area contributed by atoms with Crippen LogP contribution in [0.5, 0.6) is 0 Å². The monoisotopic (exact) mass is 444 g/mol. The molecule has 0 aliphatic carbocycles. The van der Waals surface area contributed by atoms with Gasteiger partial charge in [0.05, 0.1) is 29.4 Å². The zero-order chi connectivity index (χ0) is 23.0. The third kappa shape index (κ3) is 4.56. The molecular weight excluding hydrogens is 407 g/mol. The van der Waals surface area contributed by atoms with Crippen LogP contribution in [0.4, 0.5) is 4.79 Å². The summed E-state index contributed by atoms with van der Waals surface area (Å²) in [6.07, 6.45) is 5.03. The summed E-state index contributed by atoms with van der Waals surface area (Å²) in [6, 6.07) is 10.6. The summed E-state index contributed by atoms with van der Waals surface area (Å²) in [5.41, 5.74) is 0.0278. The zero-order valence-electron chi connectivity index (χ0n) is 19.8. The first-order valence-electron chi connectivity index (χ1n) is 11.9. The van der Waals surface area contributed by atoms with Crippen LogP contribution in [0.15, 0.2) is 30.3 Å². The van der Waals surface area contributed by atoms with E-state index in [9.17, 15) is 9.90 Å². The van der Waals surface area contributed by atoms with E-state index >= 15 is 0 Å². The Morgan fingerprint density at radius 2 is 1.81 bits per heavy atom. The van der Waals surface area contributed by atoms with E-state index in [0.717, 1.165) is 32.1 Å². The van der Waals surface area contributed by atoms with Gasteiger partial charge in [0.15, 0.2) is 0 Å². The number of hydrogen-bond acceptors (Lipinski definition) is 6. The van der Waals surface area contributed by atoms with Crippen molar-refractivity contribution in [1.82, 2.24) is 10.2 Å². The maximum absolute atomic E-state index is 12.8. The van der Waals surface area contributed by atoms with Gasteiger partial charge in [0.25, 0.3) is 0 Å². The number of aryl methyl sites for hydroxylation is 1. The number of aliphatic hydroxyl groups is 1. The fourth-order valence-corrected chi connectivity index (χ4v) is 5.31. The third-order valence-corrected chi connectivity index (χ3v) is 8.05. The van der Waals surface area contributed by atoms with E-state index in [2.05, 4.69) is 22.3 Å². The van der Waals surface area contributed by atoms with Crippen LogP contribution in [0.2, 0.25) is 0 Å². The lowest BCUT2D eigenvalue weighted by molar-refractivity contribution is 0.00411. The van der Waals surface area contributed by atoms with Gasteiger partial charge in [-0.25, -0.2) is 4.79 Å². The molecule has 0 spiro atoms. The first kappa shape index (κ1) is 23.5. The van der Waals surface area contributed by atoms with Crippen molar-refractivity contribution in [3.8, 4) is 0 Å². The number of carbonyl (C=O) groups is 1. The van der Waals surface area contributed by atoms with Crippen molar-refractivity contribution < 1.29 is 23.9 Å². The molecule has 3 saturated heterocycles. The quantitative estimate of drug-likeness (QED) is 0.599. The molecule has 3 aliphatic rings. The van der Waals surface area contributed by atoms with Gasteiger partial charge < -0.3 is 24.5 Å². The maximum atomic E-state index is 12.8. The van der Waals surface area contributed by atoms with Gasteiger partial charge in [0.1, 0.15) is 6.61 Å². The van der Waals surface area contributed by atoms with Crippen LogP contribution in [0.1, 0.15) is 65.4 Å². The number of aliphatic hydroxyl groups excluding tert-OH is 1. The second kappa shape index (κ2) is 8.97. The van der Waals surface area contributed by atoms with Crippen molar-refractivity contribution in [3.63, 3.8) is 0 Å². The van der Waals surface area contributed by atoms with Gasteiger partial charge in [-0.3, -0.25) is 4.90 Å². The molecule has 2 N–H and O–H groups in total. The number of amides is 1. The number of fused-ring (bicyclic) bond motifs is 2. The Morgan fingerprint density at radius 1 is 1.19 bits per heavy atom. The molecule has 1 aromatic rings. The van der Waals surface area contributed by atoms with Gasteiger partial charge in [0.2, 0.25) is 0 Å². The Morgan fingerprint density at radius 3 is 2.41 bits per heavy atom. The van der Waals surface area contributed by atoms with Crippen LogP contribution >= 0.6 is 0 Å². The predicted molar refractivity (Wildman–Crippen MR) is 123 cm³/mol. The Kier molecular flexibility index (Phi) is 6.60. The standard InChI is InChI=1S/C24H37BN2O5/c1-22(2)23(3,4)32-25(31-22)20(11-10-18-8-6-5-7-9-18)26-21(29)30-16-24-14-12-19(13-15-24)27(24)17-28/h5-9,19-20,28H,10-17H2,1-4H3,(H,26,29)/t19?,20-,24?/m0/s1. The number of nitrogens with zero attached hydrogens (tertiary/aromatic N) is 1. The molecule has 3 aliphatic heterocycles. The molecule has 32 heavy (non-hydrogen) atoms. The number of carbonyl (C=O) groups excluding carboxylic acids is 1. The highest BCUT2D eigenvalue weighted by Gasteiger charge is 2.55. The Balaban J connectivity index is 1.40. The van der Waals surface area contributed by atoms with E-state index in [4.69, 9.17) is 14.0 Å². The van der Waals surface area contributed by atoms with Crippen molar-refractivity contribution in [3.05, 3.63) is 35.9 Å². The first-order valence-corrected chi connectivity index (χ1v) is 11.9. The highest BCUT2D eigenvalue weighted by atomic mass is 16.7. The molecule has 0 aromatic heterocycles. The fraction of sp³-hybridized carbons (Fsp3) is 0.708. The number of alkyl carbamates (subject to hydrolysis) is 1. The van der Waals surface area contributed by atoms with E-state index in [1.807, 2.05) is 45.9 Å². The molecular formula is C24H37BN2O5. The summed E-state index contributed by atoms with van der Waals surface area (Å²) < 4.78 is 18.2. The number of nitrogens with one attached hydrogen (secondary N) is 1. The molecule has 3 fully saturated rings. The number of rotatable bonds is 8. The summed E-state index contributed by atoms with van der Waals surface area (Å²) in [5.74, 6) is -0.338. The highest BCUT2D eigenvalue weighted by Crippen LogP contribution is 2.46. The van der Waals surface area contributed by atoms with Crippen LogP contribution in [-0.4, -0.2) is 65.3 Å². The first-order chi connectivity index (χ1) is 15.2. The summed E-state index contributed by atoms with van der Waals surface area (Å²) in [7, 11) is -0.550. The minimum absolute atomic E-state index is 0.0171. The van der Waals surface area contributed by atoms with Gasteiger partial charge in [-0.2, -0.15) is 0 Å². The highest BCUT2D eigenvalue weighted by molar-refractivity contribution is 6.48. The Labute approximate surface area is 191 Å². The summed E-state index contributed by atoms with van der Waals surface area (Å²) in [5, 5.41) is 12.8. The van der Waals surface area contributed by atoms with Crippen LogP contribution in [0, 0.1) is 0 Å². The van der Waals surface area contributed by atoms with E-state index in [-0.39, 0.29) is 18.2 Å². The topological polar surface area (TPSA) is 80.3 Å². The Bertz CT molecular complexity index is 779. The van der Waals surface area contributed by atoms with Gasteiger partial charge in [-0.15, -0.1) is 0 Å². The zero-order valence-corrected chi connectivity index (χ0v) is 19.8. The molecule has 1 aromatic carbocycles.